The molecule has 0 spiro atoms. The summed E-state index contributed by atoms with van der Waals surface area (Å²) in [5.74, 6) is -0.577. The number of carbonyl (C=O) groups excluding carboxylic acids is 2. The Morgan fingerprint density at radius 2 is 1.83 bits per heavy atom. The molecule has 2 aromatic rings. The number of rotatable bonds is 6. The van der Waals surface area contributed by atoms with Gasteiger partial charge in [0, 0.05) is 10.6 Å². The van der Waals surface area contributed by atoms with Gasteiger partial charge in [0.1, 0.15) is 11.3 Å². The number of amides is 1. The van der Waals surface area contributed by atoms with Crippen LogP contribution in [0.2, 0.25) is 0 Å². The lowest BCUT2D eigenvalue weighted by molar-refractivity contribution is -0.123. The van der Waals surface area contributed by atoms with E-state index in [1.54, 1.807) is 42.1 Å². The number of methoxy groups -OCH3 is 1. The molecular weight excluding hydrogens is 326 g/mol. The molecule has 1 amide bonds. The molecule has 0 saturated carbocycles. The monoisotopic (exact) mass is 345 g/mol. The minimum absolute atomic E-state index is 0.287. The summed E-state index contributed by atoms with van der Waals surface area (Å²) in [6.45, 7) is 1.53. The van der Waals surface area contributed by atoms with Gasteiger partial charge in [0.05, 0.1) is 7.11 Å². The van der Waals surface area contributed by atoms with E-state index in [1.165, 1.54) is 14.0 Å². The van der Waals surface area contributed by atoms with E-state index in [0.717, 1.165) is 4.90 Å². The molecule has 0 saturated heterocycles. The summed E-state index contributed by atoms with van der Waals surface area (Å²) in [6, 6.07) is 14.2. The van der Waals surface area contributed by atoms with E-state index in [0.29, 0.717) is 11.4 Å². The second-order valence-electron chi connectivity index (χ2n) is 4.97. The number of hydrogen-bond donors (Lipinski definition) is 1. The first-order valence-electron chi connectivity index (χ1n) is 7.34. The van der Waals surface area contributed by atoms with Gasteiger partial charge in [-0.1, -0.05) is 18.2 Å². The van der Waals surface area contributed by atoms with Crippen molar-refractivity contribution >= 4 is 29.3 Å². The number of esters is 1. The van der Waals surface area contributed by atoms with Gasteiger partial charge in [-0.25, -0.2) is 4.79 Å². The van der Waals surface area contributed by atoms with Crippen LogP contribution in [-0.4, -0.2) is 31.3 Å². The van der Waals surface area contributed by atoms with Crippen LogP contribution in [0.15, 0.2) is 53.4 Å². The highest BCUT2D eigenvalue weighted by molar-refractivity contribution is 7.98. The third-order valence-electron chi connectivity index (χ3n) is 3.32. The Morgan fingerprint density at radius 1 is 1.12 bits per heavy atom. The normalized spacial score (nSPS) is 11.5. The fourth-order valence-electron chi connectivity index (χ4n) is 2.01. The van der Waals surface area contributed by atoms with Crippen molar-refractivity contribution in [3.05, 3.63) is 54.1 Å². The zero-order valence-corrected chi connectivity index (χ0v) is 14.6. The molecule has 1 atom stereocenters. The molecule has 2 aromatic carbocycles. The smallest absolute Gasteiger partial charge is 0.342 e. The highest BCUT2D eigenvalue weighted by Gasteiger charge is 2.21. The maximum atomic E-state index is 12.3. The molecule has 0 bridgehead atoms. The van der Waals surface area contributed by atoms with Crippen LogP contribution in [0, 0.1) is 0 Å². The Kier molecular flexibility index (Phi) is 6.26. The number of thioether (sulfide) groups is 1. The van der Waals surface area contributed by atoms with Gasteiger partial charge < -0.3 is 14.8 Å². The largest absolute Gasteiger partial charge is 0.496 e. The second-order valence-corrected chi connectivity index (χ2v) is 5.85. The molecule has 5 nitrogen and oxygen atoms in total. The Hall–Kier alpha value is -2.47. The molecule has 0 aliphatic rings. The van der Waals surface area contributed by atoms with Crippen molar-refractivity contribution in [2.75, 3.05) is 18.7 Å². The zero-order chi connectivity index (χ0) is 17.5. The lowest BCUT2D eigenvalue weighted by Gasteiger charge is -2.15. The first-order chi connectivity index (χ1) is 11.5. The Bertz CT molecular complexity index is 718. The maximum Gasteiger partial charge on any atom is 0.342 e. The first-order valence-corrected chi connectivity index (χ1v) is 8.56. The van der Waals surface area contributed by atoms with Crippen LogP contribution in [0.1, 0.15) is 17.3 Å². The van der Waals surface area contributed by atoms with Crippen LogP contribution in [0.4, 0.5) is 5.69 Å². The highest BCUT2D eigenvalue weighted by atomic mass is 32.2. The summed E-state index contributed by atoms with van der Waals surface area (Å²) in [5, 5.41) is 2.69. The van der Waals surface area contributed by atoms with E-state index in [-0.39, 0.29) is 5.56 Å². The first kappa shape index (κ1) is 17.9. The lowest BCUT2D eigenvalue weighted by Crippen LogP contribution is -2.30. The Labute approximate surface area is 145 Å². The molecule has 24 heavy (non-hydrogen) atoms. The number of hydrogen-bond acceptors (Lipinski definition) is 5. The lowest BCUT2D eigenvalue weighted by atomic mass is 10.2. The van der Waals surface area contributed by atoms with Crippen LogP contribution in [0.25, 0.3) is 0 Å². The van der Waals surface area contributed by atoms with E-state index in [9.17, 15) is 9.59 Å². The summed E-state index contributed by atoms with van der Waals surface area (Å²) < 4.78 is 10.5. The van der Waals surface area contributed by atoms with Crippen LogP contribution in [0.5, 0.6) is 5.75 Å². The van der Waals surface area contributed by atoms with Gasteiger partial charge in [-0.3, -0.25) is 4.79 Å². The molecule has 0 aliphatic carbocycles. The van der Waals surface area contributed by atoms with Gasteiger partial charge in [-0.05, 0) is 43.5 Å². The fourth-order valence-corrected chi connectivity index (χ4v) is 2.44. The standard InChI is InChI=1S/C18H19NO4S/c1-12(17(20)19-13-7-5-4-6-8-13)23-18(21)15-10-9-14(24-3)11-16(15)22-2/h4-12H,1-3H3,(H,19,20)/t12-/m1/s1. The van der Waals surface area contributed by atoms with E-state index in [1.807, 2.05) is 24.5 Å². The number of para-hydroxylation sites is 1. The molecule has 0 aliphatic heterocycles. The second kappa shape index (κ2) is 8.40. The molecule has 0 unspecified atom stereocenters. The van der Waals surface area contributed by atoms with Crippen molar-refractivity contribution in [1.29, 1.82) is 0 Å². The Morgan fingerprint density at radius 3 is 2.46 bits per heavy atom. The Balaban J connectivity index is 2.04. The van der Waals surface area contributed by atoms with E-state index >= 15 is 0 Å². The van der Waals surface area contributed by atoms with E-state index in [4.69, 9.17) is 9.47 Å². The molecule has 0 fully saturated rings. The number of anilines is 1. The molecule has 6 heteroatoms. The minimum Gasteiger partial charge on any atom is -0.496 e. The topological polar surface area (TPSA) is 64.6 Å². The predicted octanol–water partition coefficient (Wildman–Crippen LogP) is 3.60. The van der Waals surface area contributed by atoms with Gasteiger partial charge in [-0.15, -0.1) is 11.8 Å². The third-order valence-corrected chi connectivity index (χ3v) is 4.05. The fraction of sp³-hybridized carbons (Fsp3) is 0.222. The van der Waals surface area contributed by atoms with Crippen LogP contribution in [0.3, 0.4) is 0 Å². The molecule has 1 N–H and O–H groups in total. The van der Waals surface area contributed by atoms with Crippen LogP contribution >= 0.6 is 11.8 Å². The van der Waals surface area contributed by atoms with Gasteiger partial charge in [0.15, 0.2) is 6.10 Å². The number of nitrogens with one attached hydrogen (secondary N) is 1. The molecule has 2 rings (SSSR count). The van der Waals surface area contributed by atoms with E-state index < -0.39 is 18.0 Å². The predicted molar refractivity (Wildman–Crippen MR) is 94.7 cm³/mol. The van der Waals surface area contributed by atoms with Crippen molar-refractivity contribution < 1.29 is 19.1 Å². The minimum atomic E-state index is -0.928. The van der Waals surface area contributed by atoms with E-state index in [2.05, 4.69) is 5.32 Å². The van der Waals surface area contributed by atoms with Crippen LogP contribution in [-0.2, 0) is 9.53 Å². The van der Waals surface area contributed by atoms with Crippen molar-refractivity contribution in [3.63, 3.8) is 0 Å². The quantitative estimate of drug-likeness (QED) is 0.640. The number of carbonyl (C=O) groups is 2. The summed E-state index contributed by atoms with van der Waals surface area (Å²) in [4.78, 5) is 25.4. The summed E-state index contributed by atoms with van der Waals surface area (Å²) in [7, 11) is 1.49. The summed E-state index contributed by atoms with van der Waals surface area (Å²) in [6.07, 6.45) is 1.01. The molecule has 126 valence electrons. The van der Waals surface area contributed by atoms with Gasteiger partial charge in [0.2, 0.25) is 0 Å². The maximum absolute atomic E-state index is 12.3. The van der Waals surface area contributed by atoms with Gasteiger partial charge >= 0.3 is 5.97 Å². The molecular formula is C18H19NO4S. The van der Waals surface area contributed by atoms with Gasteiger partial charge in [-0.2, -0.15) is 0 Å². The summed E-state index contributed by atoms with van der Waals surface area (Å²) >= 11 is 1.54. The zero-order valence-electron chi connectivity index (χ0n) is 13.7. The van der Waals surface area contributed by atoms with Crippen molar-refractivity contribution in [3.8, 4) is 5.75 Å². The van der Waals surface area contributed by atoms with Crippen molar-refractivity contribution in [1.82, 2.24) is 0 Å². The van der Waals surface area contributed by atoms with Gasteiger partial charge in [0.25, 0.3) is 5.91 Å². The molecule has 0 aromatic heterocycles. The SMILES string of the molecule is COc1cc(SC)ccc1C(=O)O[C@H](C)C(=O)Nc1ccccc1. The van der Waals surface area contributed by atoms with Crippen LogP contribution < -0.4 is 10.1 Å². The summed E-state index contributed by atoms with van der Waals surface area (Å²) in [5.41, 5.74) is 0.932. The molecule has 0 radical (unpaired) electrons. The highest BCUT2D eigenvalue weighted by Crippen LogP contribution is 2.26. The number of ether oxygens (including phenoxy) is 2. The average Bonchev–Trinajstić information content (AvgIpc) is 2.61. The average molecular weight is 345 g/mol. The van der Waals surface area contributed by atoms with Crippen molar-refractivity contribution in [2.24, 2.45) is 0 Å². The molecule has 0 heterocycles. The third kappa shape index (κ3) is 4.52. The number of benzene rings is 2. The van der Waals surface area contributed by atoms with Crippen molar-refractivity contribution in [2.45, 2.75) is 17.9 Å².